The van der Waals surface area contributed by atoms with Crippen molar-refractivity contribution in [1.82, 2.24) is 0 Å². The molecule has 17 heavy (non-hydrogen) atoms. The van der Waals surface area contributed by atoms with Gasteiger partial charge in [-0.1, -0.05) is 19.1 Å². The highest BCUT2D eigenvalue weighted by atomic mass is 32.7. The van der Waals surface area contributed by atoms with Gasteiger partial charge in [-0.3, -0.25) is 4.52 Å². The van der Waals surface area contributed by atoms with Gasteiger partial charge in [-0.2, -0.15) is 0 Å². The van der Waals surface area contributed by atoms with Crippen LogP contribution in [-0.4, -0.2) is 57.3 Å². The van der Waals surface area contributed by atoms with Crippen LogP contribution in [0.5, 0.6) is 0 Å². The van der Waals surface area contributed by atoms with Crippen LogP contribution in [0, 0.1) is 0 Å². The van der Waals surface area contributed by atoms with E-state index in [4.69, 9.17) is 18.7 Å². The Kier molecular flexibility index (Phi) is 5.99. The van der Waals surface area contributed by atoms with Crippen LogP contribution in [0.25, 0.3) is 0 Å². The first-order chi connectivity index (χ1) is 7.92. The van der Waals surface area contributed by atoms with Crippen LogP contribution >= 0.6 is 19.0 Å². The fourth-order valence-electron chi connectivity index (χ4n) is 2.00. The van der Waals surface area contributed by atoms with E-state index in [0.717, 1.165) is 7.28 Å². The number of hydrogen-bond donors (Lipinski definition) is 2. The van der Waals surface area contributed by atoms with E-state index in [1.807, 2.05) is 6.82 Å². The molecule has 0 saturated carbocycles. The molecule has 0 aliphatic carbocycles. The summed E-state index contributed by atoms with van der Waals surface area (Å²) in [4.78, 5) is 9.18. The molecule has 0 aromatic rings. The molecule has 6 nitrogen and oxygen atoms in total. The summed E-state index contributed by atoms with van der Waals surface area (Å²) in [6.07, 6.45) is -1.48. The molecular formula is C8H18BO6PS. The molecule has 1 rings (SSSR count). The van der Waals surface area contributed by atoms with Crippen LogP contribution in [-0.2, 0) is 23.3 Å². The maximum atomic E-state index is 11.2. The maximum absolute atomic E-state index is 11.2. The third kappa shape index (κ3) is 4.24. The molecule has 1 N–H and O–H groups in total. The summed E-state index contributed by atoms with van der Waals surface area (Å²) in [5.41, 5.74) is 0. The van der Waals surface area contributed by atoms with Gasteiger partial charge >= 0.3 is 6.80 Å². The van der Waals surface area contributed by atoms with Gasteiger partial charge in [0.15, 0.2) is 7.28 Å². The molecule has 5 atom stereocenters. The van der Waals surface area contributed by atoms with E-state index in [1.54, 1.807) is 0 Å². The highest BCUT2D eigenvalue weighted by Gasteiger charge is 2.47. The summed E-state index contributed by atoms with van der Waals surface area (Å²) in [6, 6.07) is -0.176. The van der Waals surface area contributed by atoms with Gasteiger partial charge in [0.05, 0.1) is 12.6 Å². The Labute approximate surface area is 107 Å². The van der Waals surface area contributed by atoms with Crippen molar-refractivity contribution in [3.8, 4) is 0 Å². The van der Waals surface area contributed by atoms with E-state index in [-0.39, 0.29) is 12.6 Å². The minimum atomic E-state index is -3.88. The lowest BCUT2D eigenvalue weighted by atomic mass is 9.72. The Morgan fingerprint density at radius 2 is 2.12 bits per heavy atom. The van der Waals surface area contributed by atoms with Gasteiger partial charge in [-0.15, -0.1) is 0 Å². The second kappa shape index (κ2) is 6.56. The van der Waals surface area contributed by atoms with Gasteiger partial charge in [-0.25, -0.2) is 4.57 Å². The van der Waals surface area contributed by atoms with Crippen LogP contribution in [0.4, 0.5) is 0 Å². The summed E-state index contributed by atoms with van der Waals surface area (Å²) in [6.45, 7) is -1.67. The Morgan fingerprint density at radius 3 is 2.53 bits per heavy atom. The first-order valence-corrected chi connectivity index (χ1v) is 8.07. The quantitative estimate of drug-likeness (QED) is 0.414. The third-order valence-electron chi connectivity index (χ3n) is 2.67. The van der Waals surface area contributed by atoms with Crippen molar-refractivity contribution in [2.24, 2.45) is 0 Å². The minimum absolute atomic E-state index is 0.176. The van der Waals surface area contributed by atoms with Crippen LogP contribution in [0.15, 0.2) is 0 Å². The molecule has 0 aromatic heterocycles. The zero-order valence-corrected chi connectivity index (χ0v) is 11.9. The van der Waals surface area contributed by atoms with Gasteiger partial charge in [-0.05, 0) is 0 Å². The average molecular weight is 284 g/mol. The Bertz CT molecular complexity index is 287. The number of methoxy groups -OCH3 is 2. The predicted molar refractivity (Wildman–Crippen MR) is 68.0 cm³/mol. The highest BCUT2D eigenvalue weighted by molar-refractivity contribution is 8.44. The van der Waals surface area contributed by atoms with Gasteiger partial charge in [0.2, 0.25) is 0 Å². The fourth-order valence-corrected chi connectivity index (χ4v) is 2.90. The molecule has 1 fully saturated rings. The molecule has 0 amide bonds. The number of hydrogen-bond acceptors (Lipinski definition) is 5. The second-order valence-corrected chi connectivity index (χ2v) is 6.55. The van der Waals surface area contributed by atoms with Crippen LogP contribution in [0.1, 0.15) is 0 Å². The van der Waals surface area contributed by atoms with Crippen molar-refractivity contribution in [1.29, 1.82) is 0 Å². The largest absolute Gasteiger partial charge is 0.383 e. The summed E-state index contributed by atoms with van der Waals surface area (Å²) in [7, 11) is 3.77. The molecule has 5 unspecified atom stereocenters. The van der Waals surface area contributed by atoms with Gasteiger partial charge in [0.1, 0.15) is 18.3 Å². The summed E-state index contributed by atoms with van der Waals surface area (Å²) >= 11 is 3.51. The molecule has 100 valence electrons. The normalized spacial score (nSPS) is 36.8. The number of rotatable bonds is 6. The van der Waals surface area contributed by atoms with E-state index < -0.39 is 25.1 Å². The van der Waals surface area contributed by atoms with E-state index in [2.05, 4.69) is 12.2 Å². The second-order valence-electron chi connectivity index (χ2n) is 3.84. The molecular weight excluding hydrogens is 266 g/mol. The summed E-state index contributed by atoms with van der Waals surface area (Å²) < 4.78 is 32.2. The topological polar surface area (TPSA) is 74.2 Å². The first kappa shape index (κ1) is 15.5. The lowest BCUT2D eigenvalue weighted by Gasteiger charge is -2.23. The predicted octanol–water partition coefficient (Wildman–Crippen LogP) is 0.273. The zero-order chi connectivity index (χ0) is 13.1. The van der Waals surface area contributed by atoms with E-state index in [0.29, 0.717) is 0 Å². The number of thiol groups is 1. The average Bonchev–Trinajstić information content (AvgIpc) is 2.54. The number of ether oxygens (including phenoxy) is 3. The van der Waals surface area contributed by atoms with Gasteiger partial charge in [0, 0.05) is 14.2 Å². The molecule has 0 spiro atoms. The molecule has 0 bridgehead atoms. The molecule has 9 heteroatoms. The van der Waals surface area contributed by atoms with Crippen LogP contribution < -0.4 is 0 Å². The maximum Gasteiger partial charge on any atom is 0.383 e. The third-order valence-corrected chi connectivity index (χ3v) is 3.47. The molecule has 1 aliphatic heterocycles. The minimum Gasteiger partial charge on any atom is -0.382 e. The fraction of sp³-hybridized carbons (Fsp3) is 1.00. The van der Waals surface area contributed by atoms with Crippen molar-refractivity contribution in [2.45, 2.75) is 31.1 Å². The van der Waals surface area contributed by atoms with Crippen molar-refractivity contribution in [3.05, 3.63) is 0 Å². The van der Waals surface area contributed by atoms with Crippen LogP contribution in [0.2, 0.25) is 6.82 Å². The Balaban J connectivity index is 2.80. The van der Waals surface area contributed by atoms with Crippen molar-refractivity contribution >= 4 is 26.3 Å². The van der Waals surface area contributed by atoms with Crippen molar-refractivity contribution in [3.63, 3.8) is 0 Å². The van der Waals surface area contributed by atoms with Crippen molar-refractivity contribution in [2.75, 3.05) is 20.8 Å². The highest BCUT2D eigenvalue weighted by Crippen LogP contribution is 2.50. The van der Waals surface area contributed by atoms with Gasteiger partial charge < -0.3 is 19.1 Å². The smallest absolute Gasteiger partial charge is 0.382 e. The summed E-state index contributed by atoms with van der Waals surface area (Å²) in [5.74, 6) is 0. The monoisotopic (exact) mass is 284 g/mol. The molecule has 0 aromatic carbocycles. The van der Waals surface area contributed by atoms with Crippen molar-refractivity contribution < 1.29 is 28.2 Å². The molecule has 1 heterocycles. The molecule has 1 aliphatic rings. The Morgan fingerprint density at radius 1 is 1.47 bits per heavy atom. The lowest BCUT2D eigenvalue weighted by molar-refractivity contribution is -0.0153. The molecule has 0 radical (unpaired) electrons. The summed E-state index contributed by atoms with van der Waals surface area (Å²) in [5, 5.41) is 0. The van der Waals surface area contributed by atoms with E-state index >= 15 is 0 Å². The van der Waals surface area contributed by atoms with E-state index in [9.17, 15) is 9.46 Å². The SMILES string of the molecule is CBC1OC(COC)C(OP(=O)(O)S)C1OC. The lowest BCUT2D eigenvalue weighted by Crippen LogP contribution is -2.38. The van der Waals surface area contributed by atoms with E-state index in [1.165, 1.54) is 14.2 Å². The zero-order valence-electron chi connectivity index (χ0n) is 10.1. The van der Waals surface area contributed by atoms with Crippen LogP contribution in [0.3, 0.4) is 0 Å². The standard InChI is InChI=1S/C8H18BO6PS/c1-9-8-7(13-3)6(15-16(10,11)17)5(14-8)4-12-2/h5-9H,4H2,1-3H3,(H2,10,11,17). The van der Waals surface area contributed by atoms with Gasteiger partial charge in [0.25, 0.3) is 0 Å². The molecule has 1 saturated heterocycles. The first-order valence-electron chi connectivity index (χ1n) is 5.34. The Hall–Kier alpha value is 0.445.